The summed E-state index contributed by atoms with van der Waals surface area (Å²) in [5.74, 6) is 0.953. The number of hydrogen-bond acceptors (Lipinski definition) is 5. The predicted molar refractivity (Wildman–Crippen MR) is 79.2 cm³/mol. The molecule has 0 aromatic carbocycles. The first-order chi connectivity index (χ1) is 10.2. The molecule has 0 radical (unpaired) electrons. The first kappa shape index (κ1) is 14.3. The van der Waals surface area contributed by atoms with E-state index in [0.717, 1.165) is 44.0 Å². The lowest BCUT2D eigenvalue weighted by Crippen LogP contribution is -2.52. The van der Waals surface area contributed by atoms with Crippen molar-refractivity contribution in [3.8, 4) is 0 Å². The van der Waals surface area contributed by atoms with Gasteiger partial charge in [0.2, 0.25) is 0 Å². The van der Waals surface area contributed by atoms with E-state index in [4.69, 9.17) is 4.74 Å². The molecule has 21 heavy (non-hydrogen) atoms. The third-order valence-electron chi connectivity index (χ3n) is 4.08. The Labute approximate surface area is 125 Å². The summed E-state index contributed by atoms with van der Waals surface area (Å²) in [5, 5.41) is 0. The maximum absolute atomic E-state index is 12.5. The maximum Gasteiger partial charge on any atom is 0.253 e. The number of piperidine rings is 1. The number of rotatable bonds is 2. The van der Waals surface area contributed by atoms with E-state index in [9.17, 15) is 4.79 Å². The van der Waals surface area contributed by atoms with Gasteiger partial charge in [0.15, 0.2) is 6.10 Å². The molecule has 1 aromatic heterocycles. The number of aryl methyl sites for hydroxylation is 1. The second kappa shape index (κ2) is 6.39. The van der Waals surface area contributed by atoms with E-state index < -0.39 is 0 Å². The molecular formula is C15H22N4O2. The second-order valence-corrected chi connectivity index (χ2v) is 5.71. The lowest BCUT2D eigenvalue weighted by atomic mass is 10.1. The molecule has 1 unspecified atom stereocenters. The maximum atomic E-state index is 12.5. The van der Waals surface area contributed by atoms with Crippen LogP contribution in [0, 0.1) is 6.92 Å². The van der Waals surface area contributed by atoms with Crippen molar-refractivity contribution in [2.45, 2.75) is 32.3 Å². The molecule has 3 rings (SSSR count). The van der Waals surface area contributed by atoms with Crippen LogP contribution in [-0.4, -0.2) is 59.7 Å². The zero-order valence-corrected chi connectivity index (χ0v) is 12.5. The molecule has 1 amide bonds. The van der Waals surface area contributed by atoms with Crippen LogP contribution in [-0.2, 0) is 9.53 Å². The van der Waals surface area contributed by atoms with Gasteiger partial charge >= 0.3 is 0 Å². The van der Waals surface area contributed by atoms with E-state index in [1.807, 2.05) is 11.8 Å². The van der Waals surface area contributed by atoms with Crippen LogP contribution in [0.25, 0.3) is 0 Å². The Bertz CT molecular complexity index is 502. The van der Waals surface area contributed by atoms with Gasteiger partial charge in [-0.25, -0.2) is 4.98 Å². The fraction of sp³-hybridized carbons (Fsp3) is 0.667. The Morgan fingerprint density at radius 2 is 2.05 bits per heavy atom. The van der Waals surface area contributed by atoms with Crippen molar-refractivity contribution >= 4 is 11.7 Å². The summed E-state index contributed by atoms with van der Waals surface area (Å²) in [5.41, 5.74) is 0.887. The molecule has 0 N–H and O–H groups in total. The molecule has 6 heteroatoms. The van der Waals surface area contributed by atoms with Gasteiger partial charge in [0.25, 0.3) is 5.91 Å². The first-order valence-corrected chi connectivity index (χ1v) is 7.68. The average molecular weight is 290 g/mol. The second-order valence-electron chi connectivity index (χ2n) is 5.71. The molecule has 2 aliphatic rings. The van der Waals surface area contributed by atoms with Crippen molar-refractivity contribution in [1.82, 2.24) is 14.9 Å². The monoisotopic (exact) mass is 290 g/mol. The summed E-state index contributed by atoms with van der Waals surface area (Å²) >= 11 is 0. The fourth-order valence-corrected chi connectivity index (χ4v) is 2.93. The number of carbonyl (C=O) groups is 1. The number of morpholine rings is 1. The molecule has 2 fully saturated rings. The van der Waals surface area contributed by atoms with Gasteiger partial charge in [0.05, 0.1) is 25.0 Å². The van der Waals surface area contributed by atoms with Gasteiger partial charge in [-0.05, 0) is 26.2 Å². The molecular weight excluding hydrogens is 268 g/mol. The minimum atomic E-state index is -0.376. The predicted octanol–water partition coefficient (Wildman–Crippen LogP) is 1.00. The van der Waals surface area contributed by atoms with E-state index in [2.05, 4.69) is 14.9 Å². The zero-order chi connectivity index (χ0) is 14.7. The van der Waals surface area contributed by atoms with Crippen molar-refractivity contribution < 1.29 is 9.53 Å². The van der Waals surface area contributed by atoms with Gasteiger partial charge < -0.3 is 14.5 Å². The number of likely N-dealkylation sites (tertiary alicyclic amines) is 1. The Kier molecular flexibility index (Phi) is 4.34. The summed E-state index contributed by atoms with van der Waals surface area (Å²) in [6.07, 6.45) is 6.54. The van der Waals surface area contributed by atoms with Gasteiger partial charge in [-0.3, -0.25) is 9.78 Å². The number of amides is 1. The number of carbonyl (C=O) groups excluding carboxylic acids is 1. The third kappa shape index (κ3) is 3.32. The highest BCUT2D eigenvalue weighted by molar-refractivity contribution is 5.82. The van der Waals surface area contributed by atoms with Gasteiger partial charge in [0, 0.05) is 25.8 Å². The van der Waals surface area contributed by atoms with Crippen LogP contribution in [0.4, 0.5) is 5.82 Å². The van der Waals surface area contributed by atoms with Crippen LogP contribution in [0.3, 0.4) is 0 Å². The van der Waals surface area contributed by atoms with Gasteiger partial charge in [-0.1, -0.05) is 0 Å². The molecule has 2 aliphatic heterocycles. The average Bonchev–Trinajstić information content (AvgIpc) is 2.55. The minimum absolute atomic E-state index is 0.125. The van der Waals surface area contributed by atoms with E-state index in [1.165, 1.54) is 6.42 Å². The Morgan fingerprint density at radius 1 is 1.24 bits per heavy atom. The molecule has 0 spiro atoms. The standard InChI is InChI=1S/C15H22N4O2/c1-12-9-16-10-14(17-12)19-7-8-21-13(11-19)15(20)18-5-3-2-4-6-18/h9-10,13H,2-8,11H2,1H3. The zero-order valence-electron chi connectivity index (χ0n) is 12.5. The molecule has 0 saturated carbocycles. The summed E-state index contributed by atoms with van der Waals surface area (Å²) in [7, 11) is 0. The van der Waals surface area contributed by atoms with Crippen molar-refractivity contribution in [3.63, 3.8) is 0 Å². The van der Waals surface area contributed by atoms with E-state index >= 15 is 0 Å². The van der Waals surface area contributed by atoms with Crippen molar-refractivity contribution in [2.24, 2.45) is 0 Å². The van der Waals surface area contributed by atoms with Crippen LogP contribution in [0.1, 0.15) is 25.0 Å². The lowest BCUT2D eigenvalue weighted by molar-refractivity contribution is -0.145. The molecule has 0 aliphatic carbocycles. The Morgan fingerprint density at radius 3 is 2.81 bits per heavy atom. The summed E-state index contributed by atoms with van der Waals surface area (Å²) in [6, 6.07) is 0. The minimum Gasteiger partial charge on any atom is -0.365 e. The Hall–Kier alpha value is -1.69. The topological polar surface area (TPSA) is 58.6 Å². The number of ether oxygens (including phenoxy) is 1. The molecule has 1 atom stereocenters. The lowest BCUT2D eigenvalue weighted by Gasteiger charge is -2.36. The summed E-state index contributed by atoms with van der Waals surface area (Å²) in [6.45, 7) is 5.52. The number of anilines is 1. The molecule has 2 saturated heterocycles. The molecule has 6 nitrogen and oxygen atoms in total. The summed E-state index contributed by atoms with van der Waals surface area (Å²) in [4.78, 5) is 25.2. The number of aromatic nitrogens is 2. The van der Waals surface area contributed by atoms with Crippen molar-refractivity contribution in [2.75, 3.05) is 37.7 Å². The van der Waals surface area contributed by atoms with Crippen molar-refractivity contribution in [3.05, 3.63) is 18.1 Å². The smallest absolute Gasteiger partial charge is 0.253 e. The molecule has 114 valence electrons. The van der Waals surface area contributed by atoms with E-state index in [-0.39, 0.29) is 12.0 Å². The quantitative estimate of drug-likeness (QED) is 0.813. The SMILES string of the molecule is Cc1cncc(N2CCOC(C(=O)N3CCCCC3)C2)n1. The van der Waals surface area contributed by atoms with Gasteiger partial charge in [-0.15, -0.1) is 0 Å². The first-order valence-electron chi connectivity index (χ1n) is 7.68. The van der Waals surface area contributed by atoms with Crippen LogP contribution >= 0.6 is 0 Å². The molecule has 0 bridgehead atoms. The van der Waals surface area contributed by atoms with Crippen LogP contribution in [0.15, 0.2) is 12.4 Å². The highest BCUT2D eigenvalue weighted by atomic mass is 16.5. The molecule has 1 aromatic rings. The fourth-order valence-electron chi connectivity index (χ4n) is 2.93. The highest BCUT2D eigenvalue weighted by Gasteiger charge is 2.31. The highest BCUT2D eigenvalue weighted by Crippen LogP contribution is 2.17. The molecule has 3 heterocycles. The van der Waals surface area contributed by atoms with Crippen LogP contribution in [0.5, 0.6) is 0 Å². The summed E-state index contributed by atoms with van der Waals surface area (Å²) < 4.78 is 5.69. The number of hydrogen-bond donors (Lipinski definition) is 0. The normalized spacial score (nSPS) is 23.2. The van der Waals surface area contributed by atoms with E-state index in [0.29, 0.717) is 13.2 Å². The van der Waals surface area contributed by atoms with Crippen LogP contribution < -0.4 is 4.90 Å². The van der Waals surface area contributed by atoms with E-state index in [1.54, 1.807) is 12.4 Å². The number of nitrogens with zero attached hydrogens (tertiary/aromatic N) is 4. The third-order valence-corrected chi connectivity index (χ3v) is 4.08. The largest absolute Gasteiger partial charge is 0.365 e. The van der Waals surface area contributed by atoms with Gasteiger partial charge in [0.1, 0.15) is 5.82 Å². The van der Waals surface area contributed by atoms with Crippen molar-refractivity contribution in [1.29, 1.82) is 0 Å². The van der Waals surface area contributed by atoms with Gasteiger partial charge in [-0.2, -0.15) is 0 Å². The Balaban J connectivity index is 1.66. The van der Waals surface area contributed by atoms with Crippen LogP contribution in [0.2, 0.25) is 0 Å².